The standard InChI is InChI=1S/C8H10ClN3O/c9-6-2-10-8(11-3-6)12-7-1-5(7)4-13/h2-3,5,7,13H,1,4H2,(H,10,11,12)/t5-,7+/m0/s1. The van der Waals surface area contributed by atoms with Gasteiger partial charge in [-0.3, -0.25) is 0 Å². The molecular formula is C8H10ClN3O. The van der Waals surface area contributed by atoms with E-state index in [0.29, 0.717) is 22.9 Å². The lowest BCUT2D eigenvalue weighted by atomic mass is 10.4. The third kappa shape index (κ3) is 2.08. The summed E-state index contributed by atoms with van der Waals surface area (Å²) in [6.45, 7) is 0.227. The van der Waals surface area contributed by atoms with Crippen LogP contribution >= 0.6 is 11.6 Å². The SMILES string of the molecule is OC[C@@H]1C[C@H]1Nc1ncc(Cl)cn1. The van der Waals surface area contributed by atoms with Gasteiger partial charge in [0.05, 0.1) is 17.4 Å². The van der Waals surface area contributed by atoms with Crippen LogP contribution in [0.25, 0.3) is 0 Å². The Bertz CT molecular complexity index is 290. The van der Waals surface area contributed by atoms with E-state index in [1.807, 2.05) is 0 Å². The first-order chi connectivity index (χ1) is 6.29. The van der Waals surface area contributed by atoms with Crippen molar-refractivity contribution in [3.8, 4) is 0 Å². The van der Waals surface area contributed by atoms with Gasteiger partial charge in [0, 0.05) is 18.6 Å². The van der Waals surface area contributed by atoms with Crippen molar-refractivity contribution in [1.82, 2.24) is 9.97 Å². The largest absolute Gasteiger partial charge is 0.396 e. The van der Waals surface area contributed by atoms with E-state index >= 15 is 0 Å². The Morgan fingerprint density at radius 2 is 2.23 bits per heavy atom. The average molecular weight is 200 g/mol. The highest BCUT2D eigenvalue weighted by atomic mass is 35.5. The maximum Gasteiger partial charge on any atom is 0.222 e. The lowest BCUT2D eigenvalue weighted by molar-refractivity contribution is 0.275. The molecule has 1 heterocycles. The van der Waals surface area contributed by atoms with Gasteiger partial charge in [0.15, 0.2) is 0 Å². The number of hydrogen-bond acceptors (Lipinski definition) is 4. The van der Waals surface area contributed by atoms with Crippen molar-refractivity contribution >= 4 is 17.5 Å². The summed E-state index contributed by atoms with van der Waals surface area (Å²) < 4.78 is 0. The van der Waals surface area contributed by atoms with Gasteiger partial charge in [0.25, 0.3) is 0 Å². The number of nitrogens with zero attached hydrogens (tertiary/aromatic N) is 2. The molecule has 1 aliphatic carbocycles. The molecule has 0 spiro atoms. The topological polar surface area (TPSA) is 58.0 Å². The molecule has 1 aliphatic rings. The maximum atomic E-state index is 8.80. The van der Waals surface area contributed by atoms with Crippen LogP contribution in [0.3, 0.4) is 0 Å². The number of halogens is 1. The molecule has 5 heteroatoms. The van der Waals surface area contributed by atoms with E-state index in [9.17, 15) is 0 Å². The average Bonchev–Trinajstić information content (AvgIpc) is 2.88. The van der Waals surface area contributed by atoms with E-state index in [4.69, 9.17) is 16.7 Å². The van der Waals surface area contributed by atoms with Crippen LogP contribution in [0, 0.1) is 5.92 Å². The summed E-state index contributed by atoms with van der Waals surface area (Å²) in [7, 11) is 0. The fourth-order valence-corrected chi connectivity index (χ4v) is 1.28. The smallest absolute Gasteiger partial charge is 0.222 e. The minimum absolute atomic E-state index is 0.227. The van der Waals surface area contributed by atoms with Crippen LogP contribution < -0.4 is 5.32 Å². The van der Waals surface area contributed by atoms with Gasteiger partial charge in [-0.1, -0.05) is 11.6 Å². The lowest BCUT2D eigenvalue weighted by Gasteiger charge is -2.01. The van der Waals surface area contributed by atoms with Gasteiger partial charge in [-0.2, -0.15) is 0 Å². The first-order valence-electron chi connectivity index (χ1n) is 4.14. The van der Waals surface area contributed by atoms with Crippen molar-refractivity contribution < 1.29 is 5.11 Å². The lowest BCUT2D eigenvalue weighted by Crippen LogP contribution is -2.08. The summed E-state index contributed by atoms with van der Waals surface area (Å²) in [6.07, 6.45) is 4.09. The molecular weight excluding hydrogens is 190 g/mol. The van der Waals surface area contributed by atoms with Gasteiger partial charge >= 0.3 is 0 Å². The fraction of sp³-hybridized carbons (Fsp3) is 0.500. The van der Waals surface area contributed by atoms with Gasteiger partial charge in [-0.25, -0.2) is 9.97 Å². The molecule has 2 rings (SSSR count). The first-order valence-corrected chi connectivity index (χ1v) is 4.52. The Morgan fingerprint density at radius 3 is 2.77 bits per heavy atom. The molecule has 0 amide bonds. The Kier molecular flexibility index (Phi) is 2.33. The zero-order chi connectivity index (χ0) is 9.26. The minimum Gasteiger partial charge on any atom is -0.396 e. The summed E-state index contributed by atoms with van der Waals surface area (Å²) in [5, 5.41) is 12.4. The van der Waals surface area contributed by atoms with Gasteiger partial charge in [-0.05, 0) is 6.42 Å². The number of aliphatic hydroxyl groups excluding tert-OH is 1. The summed E-state index contributed by atoms with van der Waals surface area (Å²) in [4.78, 5) is 7.98. The second-order valence-corrected chi connectivity index (χ2v) is 3.59. The number of nitrogens with one attached hydrogen (secondary N) is 1. The normalized spacial score (nSPS) is 25.7. The van der Waals surface area contributed by atoms with E-state index in [1.54, 1.807) is 12.4 Å². The Hall–Kier alpha value is -0.870. The first kappa shape index (κ1) is 8.72. The molecule has 0 aliphatic heterocycles. The molecule has 70 valence electrons. The second-order valence-electron chi connectivity index (χ2n) is 3.15. The monoisotopic (exact) mass is 199 g/mol. The number of hydrogen-bond donors (Lipinski definition) is 2. The maximum absolute atomic E-state index is 8.80. The zero-order valence-electron chi connectivity index (χ0n) is 6.94. The van der Waals surface area contributed by atoms with E-state index < -0.39 is 0 Å². The molecule has 13 heavy (non-hydrogen) atoms. The Labute approximate surface area is 81.0 Å². The van der Waals surface area contributed by atoms with E-state index in [0.717, 1.165) is 6.42 Å². The number of rotatable bonds is 3. The molecule has 0 unspecified atom stereocenters. The van der Waals surface area contributed by atoms with Gasteiger partial charge < -0.3 is 10.4 Å². The van der Waals surface area contributed by atoms with Crippen LogP contribution in [0.2, 0.25) is 5.02 Å². The summed E-state index contributed by atoms with van der Waals surface area (Å²) in [5.74, 6) is 0.935. The van der Waals surface area contributed by atoms with Crippen LogP contribution in [0.15, 0.2) is 12.4 Å². The third-order valence-corrected chi connectivity index (χ3v) is 2.29. The van der Waals surface area contributed by atoms with E-state index in [-0.39, 0.29) is 6.61 Å². The number of anilines is 1. The van der Waals surface area contributed by atoms with E-state index in [2.05, 4.69) is 15.3 Å². The van der Waals surface area contributed by atoms with Crippen LogP contribution in [-0.4, -0.2) is 27.7 Å². The van der Waals surface area contributed by atoms with Gasteiger partial charge in [-0.15, -0.1) is 0 Å². The van der Waals surface area contributed by atoms with Crippen molar-refractivity contribution in [1.29, 1.82) is 0 Å². The third-order valence-electron chi connectivity index (χ3n) is 2.09. The van der Waals surface area contributed by atoms with Crippen LogP contribution in [0.5, 0.6) is 0 Å². The molecule has 1 aromatic rings. The highest BCUT2D eigenvalue weighted by Crippen LogP contribution is 2.31. The molecule has 2 atom stereocenters. The molecule has 4 nitrogen and oxygen atoms in total. The minimum atomic E-state index is 0.227. The molecule has 0 saturated heterocycles. The molecule has 1 aromatic heterocycles. The van der Waals surface area contributed by atoms with Crippen LogP contribution in [0.4, 0.5) is 5.95 Å². The molecule has 0 bridgehead atoms. The predicted octanol–water partition coefficient (Wildman–Crippen LogP) is 0.923. The van der Waals surface area contributed by atoms with Crippen molar-refractivity contribution in [2.45, 2.75) is 12.5 Å². The molecule has 0 aromatic carbocycles. The number of aromatic nitrogens is 2. The summed E-state index contributed by atoms with van der Waals surface area (Å²) in [5.41, 5.74) is 0. The van der Waals surface area contributed by atoms with Crippen LogP contribution in [0.1, 0.15) is 6.42 Å². The number of aliphatic hydroxyl groups is 1. The Morgan fingerprint density at radius 1 is 1.54 bits per heavy atom. The Balaban J connectivity index is 1.92. The molecule has 1 fully saturated rings. The zero-order valence-corrected chi connectivity index (χ0v) is 7.70. The highest BCUT2D eigenvalue weighted by Gasteiger charge is 2.36. The molecule has 2 N–H and O–H groups in total. The summed E-state index contributed by atoms with van der Waals surface area (Å²) in [6, 6.07) is 0.325. The fourth-order valence-electron chi connectivity index (χ4n) is 1.18. The second kappa shape index (κ2) is 3.47. The van der Waals surface area contributed by atoms with Crippen molar-refractivity contribution in [2.75, 3.05) is 11.9 Å². The highest BCUT2D eigenvalue weighted by molar-refractivity contribution is 6.30. The van der Waals surface area contributed by atoms with E-state index in [1.165, 1.54) is 0 Å². The van der Waals surface area contributed by atoms with Gasteiger partial charge in [0.1, 0.15) is 0 Å². The predicted molar refractivity (Wildman–Crippen MR) is 49.6 cm³/mol. The van der Waals surface area contributed by atoms with Crippen molar-refractivity contribution in [3.05, 3.63) is 17.4 Å². The quantitative estimate of drug-likeness (QED) is 0.760. The molecule has 0 radical (unpaired) electrons. The van der Waals surface area contributed by atoms with Crippen molar-refractivity contribution in [3.63, 3.8) is 0 Å². The van der Waals surface area contributed by atoms with Crippen LogP contribution in [-0.2, 0) is 0 Å². The van der Waals surface area contributed by atoms with Crippen molar-refractivity contribution in [2.24, 2.45) is 5.92 Å². The van der Waals surface area contributed by atoms with Gasteiger partial charge in [0.2, 0.25) is 5.95 Å². The summed E-state index contributed by atoms with van der Waals surface area (Å²) >= 11 is 5.63. The molecule has 1 saturated carbocycles.